The van der Waals surface area contributed by atoms with Gasteiger partial charge in [-0.2, -0.15) is 13.2 Å². The van der Waals surface area contributed by atoms with Gasteiger partial charge in [0.1, 0.15) is 5.75 Å². The highest BCUT2D eigenvalue weighted by Gasteiger charge is 2.49. The Morgan fingerprint density at radius 2 is 1.83 bits per heavy atom. The molecule has 2 aliphatic rings. The lowest BCUT2D eigenvalue weighted by molar-refractivity contribution is -0.274. The van der Waals surface area contributed by atoms with E-state index in [4.69, 9.17) is 10.5 Å². The highest BCUT2D eigenvalue weighted by molar-refractivity contribution is 5.88. The molecule has 36 heavy (non-hydrogen) atoms. The van der Waals surface area contributed by atoms with Gasteiger partial charge in [-0.05, 0) is 60.6 Å². The quantitative estimate of drug-likeness (QED) is 0.298. The fraction of sp³-hybridized carbons (Fsp3) is 0.400. The molecule has 2 aromatic rings. The van der Waals surface area contributed by atoms with E-state index in [0.717, 1.165) is 36.6 Å². The third kappa shape index (κ3) is 5.52. The first kappa shape index (κ1) is 26.0. The molecule has 1 aliphatic heterocycles. The number of alkyl halides is 6. The van der Waals surface area contributed by atoms with E-state index in [1.807, 2.05) is 30.3 Å². The van der Waals surface area contributed by atoms with Crippen LogP contribution in [0.25, 0.3) is 5.57 Å². The van der Waals surface area contributed by atoms with Crippen LogP contribution in [0.2, 0.25) is 0 Å². The fourth-order valence-corrected chi connectivity index (χ4v) is 5.10. The molecule has 1 aliphatic carbocycles. The minimum atomic E-state index is -5.03. The first-order valence-corrected chi connectivity index (χ1v) is 11.2. The molecular formula is C25H24F6N2O3. The van der Waals surface area contributed by atoms with Gasteiger partial charge >= 0.3 is 12.5 Å². The van der Waals surface area contributed by atoms with E-state index in [1.165, 1.54) is 0 Å². The first-order valence-electron chi connectivity index (χ1n) is 11.2. The van der Waals surface area contributed by atoms with Crippen LogP contribution in [0.4, 0.5) is 32.0 Å². The summed E-state index contributed by atoms with van der Waals surface area (Å²) in [6, 6.07) is 12.3. The van der Waals surface area contributed by atoms with Crippen molar-refractivity contribution in [2.24, 2.45) is 16.6 Å². The third-order valence-corrected chi connectivity index (χ3v) is 6.52. The molecule has 4 rings (SSSR count). The number of aliphatic imine (C=N–C) groups is 1. The van der Waals surface area contributed by atoms with Crippen LogP contribution in [0, 0.1) is 5.92 Å². The minimum absolute atomic E-state index is 0.0987. The van der Waals surface area contributed by atoms with Crippen molar-refractivity contribution in [1.82, 2.24) is 0 Å². The van der Waals surface area contributed by atoms with Crippen LogP contribution in [0.3, 0.4) is 0 Å². The SMILES string of the molecule is NC(=Nc1ccc(OC(F)(F)F)c(C2=C[C@@]3(CCC[C@H](CO)[C@H]3c3ccccc3)OC2)c1)C(F)(F)F. The van der Waals surface area contributed by atoms with E-state index in [1.54, 1.807) is 6.08 Å². The van der Waals surface area contributed by atoms with Gasteiger partial charge in [-0.3, -0.25) is 0 Å². The summed E-state index contributed by atoms with van der Waals surface area (Å²) in [6.07, 6.45) is -6.19. The molecule has 1 heterocycles. The molecular weight excluding hydrogens is 490 g/mol. The van der Waals surface area contributed by atoms with Gasteiger partial charge in [0.25, 0.3) is 0 Å². The second-order valence-electron chi connectivity index (χ2n) is 8.86. The predicted molar refractivity (Wildman–Crippen MR) is 121 cm³/mol. The molecule has 5 nitrogen and oxygen atoms in total. The molecule has 2 aromatic carbocycles. The molecule has 0 amide bonds. The maximum atomic E-state index is 13.1. The first-order chi connectivity index (χ1) is 16.9. The molecule has 0 bridgehead atoms. The second kappa shape index (κ2) is 9.78. The van der Waals surface area contributed by atoms with E-state index in [2.05, 4.69) is 9.73 Å². The number of hydrogen-bond donors (Lipinski definition) is 2. The summed E-state index contributed by atoms with van der Waals surface area (Å²) < 4.78 is 88.3. The zero-order valence-electron chi connectivity index (χ0n) is 18.9. The van der Waals surface area contributed by atoms with Crippen LogP contribution < -0.4 is 10.5 Å². The highest BCUT2D eigenvalue weighted by Crippen LogP contribution is 2.52. The largest absolute Gasteiger partial charge is 0.573 e. The number of nitrogens with zero attached hydrogens (tertiary/aromatic N) is 1. The summed E-state index contributed by atoms with van der Waals surface area (Å²) in [5.41, 5.74) is 4.93. The molecule has 1 spiro atoms. The van der Waals surface area contributed by atoms with Gasteiger partial charge in [-0.25, -0.2) is 4.99 Å². The van der Waals surface area contributed by atoms with Crippen molar-refractivity contribution in [2.75, 3.05) is 13.2 Å². The fourth-order valence-electron chi connectivity index (χ4n) is 5.10. The number of halogens is 6. The zero-order valence-corrected chi connectivity index (χ0v) is 18.9. The molecule has 3 atom stereocenters. The van der Waals surface area contributed by atoms with Gasteiger partial charge < -0.3 is 20.3 Å². The molecule has 0 saturated heterocycles. The molecule has 0 aromatic heterocycles. The molecule has 1 fully saturated rings. The number of hydrogen-bond acceptors (Lipinski definition) is 4. The van der Waals surface area contributed by atoms with Gasteiger partial charge in [0.15, 0.2) is 0 Å². The number of benzene rings is 2. The van der Waals surface area contributed by atoms with Crippen LogP contribution in [-0.4, -0.2) is 42.3 Å². The summed E-state index contributed by atoms with van der Waals surface area (Å²) in [5.74, 6) is -2.65. The molecule has 0 radical (unpaired) electrons. The van der Waals surface area contributed by atoms with E-state index in [0.29, 0.717) is 12.0 Å². The van der Waals surface area contributed by atoms with Crippen molar-refractivity contribution in [3.63, 3.8) is 0 Å². The Labute approximate surface area is 203 Å². The maximum Gasteiger partial charge on any atom is 0.573 e. The number of amidine groups is 1. The van der Waals surface area contributed by atoms with Gasteiger partial charge in [0, 0.05) is 18.1 Å². The molecule has 1 saturated carbocycles. The van der Waals surface area contributed by atoms with Gasteiger partial charge in [0.2, 0.25) is 5.84 Å². The van der Waals surface area contributed by atoms with Crippen LogP contribution in [0.15, 0.2) is 59.6 Å². The number of rotatable bonds is 5. The lowest BCUT2D eigenvalue weighted by atomic mass is 9.66. The number of nitrogens with two attached hydrogens (primary N) is 1. The summed E-state index contributed by atoms with van der Waals surface area (Å²) in [5, 5.41) is 10.1. The van der Waals surface area contributed by atoms with Crippen LogP contribution in [0.1, 0.15) is 36.3 Å². The van der Waals surface area contributed by atoms with E-state index < -0.39 is 29.7 Å². The third-order valence-electron chi connectivity index (χ3n) is 6.52. The Morgan fingerprint density at radius 3 is 2.47 bits per heavy atom. The summed E-state index contributed by atoms with van der Waals surface area (Å²) in [7, 11) is 0. The molecule has 194 valence electrons. The predicted octanol–water partition coefficient (Wildman–Crippen LogP) is 5.86. The average molecular weight is 514 g/mol. The summed E-state index contributed by atoms with van der Waals surface area (Å²) >= 11 is 0. The topological polar surface area (TPSA) is 77.1 Å². The summed E-state index contributed by atoms with van der Waals surface area (Å²) in [4.78, 5) is 3.32. The average Bonchev–Trinajstić information content (AvgIpc) is 3.22. The van der Waals surface area contributed by atoms with Crippen LogP contribution >= 0.6 is 0 Å². The summed E-state index contributed by atoms with van der Waals surface area (Å²) in [6.45, 7) is -0.200. The van der Waals surface area contributed by atoms with Crippen molar-refractivity contribution in [3.05, 3.63) is 65.7 Å². The van der Waals surface area contributed by atoms with Crippen LogP contribution in [-0.2, 0) is 4.74 Å². The van der Waals surface area contributed by atoms with E-state index in [9.17, 15) is 31.4 Å². The minimum Gasteiger partial charge on any atom is -0.405 e. The van der Waals surface area contributed by atoms with Crippen molar-refractivity contribution in [2.45, 2.75) is 43.3 Å². The number of aliphatic hydroxyl groups is 1. The molecule has 11 heteroatoms. The van der Waals surface area contributed by atoms with Crippen molar-refractivity contribution >= 4 is 17.1 Å². The Kier molecular flexibility index (Phi) is 7.07. The number of aliphatic hydroxyl groups excluding tert-OH is 1. The Balaban J connectivity index is 1.81. The molecule has 3 N–H and O–H groups in total. The zero-order chi connectivity index (χ0) is 26.1. The Bertz CT molecular complexity index is 1150. The second-order valence-corrected chi connectivity index (χ2v) is 8.86. The van der Waals surface area contributed by atoms with Crippen molar-refractivity contribution < 1.29 is 40.9 Å². The van der Waals surface area contributed by atoms with Crippen molar-refractivity contribution in [3.8, 4) is 5.75 Å². The number of ether oxygens (including phenoxy) is 2. The standard InChI is InChI=1S/C25H24F6N2O3/c26-24(27,28)22(32)33-18-8-9-20(36-25(29,30)31)19(11-18)17-12-23(35-14-17)10-4-7-16(13-34)21(23)15-5-2-1-3-6-15/h1-3,5-6,8-9,11-12,16,21,34H,4,7,10,13-14H2,(H2,32,33)/t16-,21-,23-/m1/s1. The van der Waals surface area contributed by atoms with Crippen LogP contribution in [0.5, 0.6) is 5.75 Å². The van der Waals surface area contributed by atoms with Gasteiger partial charge in [0.05, 0.1) is 17.9 Å². The normalized spacial score (nSPS) is 25.2. The Morgan fingerprint density at radius 1 is 1.11 bits per heavy atom. The monoisotopic (exact) mass is 514 g/mol. The molecule has 0 unspecified atom stereocenters. The lowest BCUT2D eigenvalue weighted by Gasteiger charge is -2.44. The van der Waals surface area contributed by atoms with E-state index in [-0.39, 0.29) is 36.3 Å². The Hall–Kier alpha value is -3.05. The lowest BCUT2D eigenvalue weighted by Crippen LogP contribution is -2.43. The van der Waals surface area contributed by atoms with E-state index >= 15 is 0 Å². The van der Waals surface area contributed by atoms with Gasteiger partial charge in [-0.15, -0.1) is 13.2 Å². The van der Waals surface area contributed by atoms with Gasteiger partial charge in [-0.1, -0.05) is 30.3 Å². The highest BCUT2D eigenvalue weighted by atomic mass is 19.4. The smallest absolute Gasteiger partial charge is 0.405 e. The maximum absolute atomic E-state index is 13.1. The van der Waals surface area contributed by atoms with Crippen molar-refractivity contribution in [1.29, 1.82) is 0 Å².